The minimum absolute atomic E-state index is 0.142. The highest BCUT2D eigenvalue weighted by atomic mass is 16.5. The molecule has 108 valence electrons. The monoisotopic (exact) mass is 276 g/mol. The van der Waals surface area contributed by atoms with Crippen molar-refractivity contribution >= 4 is 5.97 Å². The third-order valence-electron chi connectivity index (χ3n) is 3.74. The lowest BCUT2D eigenvalue weighted by Gasteiger charge is -2.26. The van der Waals surface area contributed by atoms with Crippen molar-refractivity contribution < 1.29 is 19.4 Å². The molecule has 0 heterocycles. The first-order valence-electron chi connectivity index (χ1n) is 6.80. The molecule has 0 aliphatic heterocycles. The number of rotatable bonds is 4. The van der Waals surface area contributed by atoms with Crippen LogP contribution in [0.15, 0.2) is 29.8 Å². The number of aliphatic carboxylic acids is 1. The van der Waals surface area contributed by atoms with Crippen molar-refractivity contribution in [2.75, 3.05) is 14.2 Å². The number of carbonyl (C=O) groups is 1. The van der Waals surface area contributed by atoms with Gasteiger partial charge in [0.05, 0.1) is 14.2 Å². The number of allylic oxidation sites excluding steroid dienone is 1. The van der Waals surface area contributed by atoms with Crippen molar-refractivity contribution in [2.45, 2.75) is 31.6 Å². The van der Waals surface area contributed by atoms with Crippen LogP contribution in [0.25, 0.3) is 0 Å². The Morgan fingerprint density at radius 3 is 2.40 bits per heavy atom. The molecule has 4 heteroatoms. The molecule has 20 heavy (non-hydrogen) atoms. The third kappa shape index (κ3) is 3.32. The number of carboxylic acids is 1. The summed E-state index contributed by atoms with van der Waals surface area (Å²) in [5, 5.41) is 9.01. The highest BCUT2D eigenvalue weighted by Crippen LogP contribution is 2.39. The zero-order chi connectivity index (χ0) is 14.5. The number of benzene rings is 1. The van der Waals surface area contributed by atoms with E-state index in [1.165, 1.54) is 6.08 Å². The molecule has 1 atom stereocenters. The molecule has 1 unspecified atom stereocenters. The fourth-order valence-corrected chi connectivity index (χ4v) is 2.78. The highest BCUT2D eigenvalue weighted by molar-refractivity contribution is 5.81. The van der Waals surface area contributed by atoms with Crippen LogP contribution in [0.3, 0.4) is 0 Å². The quantitative estimate of drug-likeness (QED) is 0.857. The van der Waals surface area contributed by atoms with E-state index in [2.05, 4.69) is 0 Å². The van der Waals surface area contributed by atoms with Gasteiger partial charge in [0.2, 0.25) is 0 Å². The summed E-state index contributed by atoms with van der Waals surface area (Å²) < 4.78 is 10.6. The van der Waals surface area contributed by atoms with E-state index in [1.807, 2.05) is 18.2 Å². The zero-order valence-corrected chi connectivity index (χ0v) is 11.9. The second-order valence-electron chi connectivity index (χ2n) is 5.00. The first kappa shape index (κ1) is 14.4. The van der Waals surface area contributed by atoms with Crippen molar-refractivity contribution in [3.63, 3.8) is 0 Å². The summed E-state index contributed by atoms with van der Waals surface area (Å²) in [5.74, 6) is 0.741. The van der Waals surface area contributed by atoms with Crippen molar-refractivity contribution in [2.24, 2.45) is 0 Å². The predicted octanol–water partition coefficient (Wildman–Crippen LogP) is 3.37. The van der Waals surface area contributed by atoms with Gasteiger partial charge in [-0.25, -0.2) is 4.79 Å². The minimum Gasteiger partial charge on any atom is -0.497 e. The lowest BCUT2D eigenvalue weighted by atomic mass is 9.79. The number of carboxylic acid groups (broad SMARTS) is 1. The molecule has 1 fully saturated rings. The summed E-state index contributed by atoms with van der Waals surface area (Å²) >= 11 is 0. The van der Waals surface area contributed by atoms with Crippen molar-refractivity contribution in [3.05, 3.63) is 35.4 Å². The lowest BCUT2D eigenvalue weighted by Crippen LogP contribution is -2.10. The van der Waals surface area contributed by atoms with Gasteiger partial charge in [0, 0.05) is 18.1 Å². The van der Waals surface area contributed by atoms with Crippen molar-refractivity contribution in [1.82, 2.24) is 0 Å². The van der Waals surface area contributed by atoms with Crippen molar-refractivity contribution in [1.29, 1.82) is 0 Å². The Balaban J connectivity index is 2.39. The number of hydrogen-bond donors (Lipinski definition) is 1. The fourth-order valence-electron chi connectivity index (χ4n) is 2.78. The van der Waals surface area contributed by atoms with E-state index in [0.717, 1.165) is 48.3 Å². The van der Waals surface area contributed by atoms with Gasteiger partial charge >= 0.3 is 5.97 Å². The molecule has 1 saturated carbocycles. The summed E-state index contributed by atoms with van der Waals surface area (Å²) in [6.07, 6.45) is 5.33. The molecule has 0 radical (unpaired) electrons. The third-order valence-corrected chi connectivity index (χ3v) is 3.74. The molecule has 1 aromatic carbocycles. The van der Waals surface area contributed by atoms with Gasteiger partial charge in [0.1, 0.15) is 11.5 Å². The molecular weight excluding hydrogens is 256 g/mol. The normalized spacial score (nSPS) is 20.7. The van der Waals surface area contributed by atoms with Crippen LogP contribution in [0.1, 0.15) is 37.2 Å². The number of ether oxygens (including phenoxy) is 2. The molecule has 4 nitrogen and oxygen atoms in total. The van der Waals surface area contributed by atoms with E-state index in [1.54, 1.807) is 14.2 Å². The van der Waals surface area contributed by atoms with Crippen LogP contribution in [0.4, 0.5) is 0 Å². The van der Waals surface area contributed by atoms with Crippen LogP contribution >= 0.6 is 0 Å². The van der Waals surface area contributed by atoms with Crippen LogP contribution in [0.5, 0.6) is 11.5 Å². The second kappa shape index (κ2) is 6.46. The Bertz CT molecular complexity index is 497. The van der Waals surface area contributed by atoms with E-state index in [0.29, 0.717) is 0 Å². The standard InChI is InChI=1S/C16H20O4/c1-19-13-7-12(8-14(10-13)20-2)15-6-4-3-5-11(15)9-16(17)18/h7-10,15H,3-6H2,1-2H3,(H,17,18)/b11-9+. The van der Waals surface area contributed by atoms with E-state index < -0.39 is 5.97 Å². The largest absolute Gasteiger partial charge is 0.497 e. The molecule has 2 rings (SSSR count). The van der Waals surface area contributed by atoms with Crippen molar-refractivity contribution in [3.8, 4) is 11.5 Å². The van der Waals surface area contributed by atoms with Gasteiger partial charge < -0.3 is 14.6 Å². The molecule has 1 N–H and O–H groups in total. The summed E-state index contributed by atoms with van der Waals surface area (Å²) in [5.41, 5.74) is 2.05. The van der Waals surface area contributed by atoms with Gasteiger partial charge in [-0.05, 0) is 37.0 Å². The fraction of sp³-hybridized carbons (Fsp3) is 0.438. The lowest BCUT2D eigenvalue weighted by molar-refractivity contribution is -0.131. The molecule has 1 aromatic rings. The maximum Gasteiger partial charge on any atom is 0.328 e. The van der Waals surface area contributed by atoms with E-state index in [4.69, 9.17) is 14.6 Å². The van der Waals surface area contributed by atoms with Crippen LogP contribution in [-0.4, -0.2) is 25.3 Å². The summed E-state index contributed by atoms with van der Waals surface area (Å²) in [6.45, 7) is 0. The Labute approximate surface area is 119 Å². The Hall–Kier alpha value is -1.97. The zero-order valence-electron chi connectivity index (χ0n) is 11.9. The average molecular weight is 276 g/mol. The smallest absolute Gasteiger partial charge is 0.328 e. The second-order valence-corrected chi connectivity index (χ2v) is 5.00. The molecule has 1 aliphatic carbocycles. The van der Waals surface area contributed by atoms with Gasteiger partial charge in [0.25, 0.3) is 0 Å². The molecule has 0 bridgehead atoms. The summed E-state index contributed by atoms with van der Waals surface area (Å²) in [6, 6.07) is 5.76. The van der Waals surface area contributed by atoms with E-state index in [-0.39, 0.29) is 5.92 Å². The highest BCUT2D eigenvalue weighted by Gasteiger charge is 2.22. The maximum atomic E-state index is 11.0. The topological polar surface area (TPSA) is 55.8 Å². The predicted molar refractivity (Wildman–Crippen MR) is 76.5 cm³/mol. The molecule has 0 aromatic heterocycles. The average Bonchev–Trinajstić information content (AvgIpc) is 2.46. The Morgan fingerprint density at radius 2 is 1.85 bits per heavy atom. The molecule has 1 aliphatic rings. The first-order chi connectivity index (χ1) is 9.63. The minimum atomic E-state index is -0.873. The van der Waals surface area contributed by atoms with Gasteiger partial charge in [0.15, 0.2) is 0 Å². The Kier molecular flexibility index (Phi) is 4.66. The van der Waals surface area contributed by atoms with Crippen LogP contribution in [0, 0.1) is 0 Å². The van der Waals surface area contributed by atoms with Crippen LogP contribution in [0.2, 0.25) is 0 Å². The SMILES string of the molecule is COc1cc(OC)cc(C2CCCC/C2=C\C(=O)O)c1. The van der Waals surface area contributed by atoms with Gasteiger partial charge in [-0.2, -0.15) is 0 Å². The maximum absolute atomic E-state index is 11.0. The molecular formula is C16H20O4. The summed E-state index contributed by atoms with van der Waals surface area (Å²) in [7, 11) is 3.24. The van der Waals surface area contributed by atoms with E-state index >= 15 is 0 Å². The molecule has 0 amide bonds. The first-order valence-corrected chi connectivity index (χ1v) is 6.80. The number of methoxy groups -OCH3 is 2. The summed E-state index contributed by atoms with van der Waals surface area (Å²) in [4.78, 5) is 11.0. The van der Waals surface area contributed by atoms with Gasteiger partial charge in [-0.15, -0.1) is 0 Å². The molecule has 0 spiro atoms. The molecule has 0 saturated heterocycles. The van der Waals surface area contributed by atoms with Crippen LogP contribution < -0.4 is 9.47 Å². The Morgan fingerprint density at radius 1 is 1.20 bits per heavy atom. The van der Waals surface area contributed by atoms with Gasteiger partial charge in [-0.3, -0.25) is 0 Å². The van der Waals surface area contributed by atoms with Gasteiger partial charge in [-0.1, -0.05) is 12.0 Å². The van der Waals surface area contributed by atoms with E-state index in [9.17, 15) is 4.79 Å². The number of hydrogen-bond acceptors (Lipinski definition) is 3. The van der Waals surface area contributed by atoms with Crippen LogP contribution in [-0.2, 0) is 4.79 Å².